The van der Waals surface area contributed by atoms with Crippen LogP contribution in [0.15, 0.2) is 62.3 Å². The molecular formula is C34H39N7O5S2. The number of amidine groups is 1. The topological polar surface area (TPSA) is 151 Å². The van der Waals surface area contributed by atoms with Crippen molar-refractivity contribution >= 4 is 45.1 Å². The van der Waals surface area contributed by atoms with Crippen molar-refractivity contribution in [1.29, 1.82) is 0 Å². The summed E-state index contributed by atoms with van der Waals surface area (Å²) in [5.41, 5.74) is 3.38. The van der Waals surface area contributed by atoms with Gasteiger partial charge in [0.1, 0.15) is 11.4 Å². The number of amides is 2. The lowest BCUT2D eigenvalue weighted by molar-refractivity contribution is -0.131. The molecule has 12 nitrogen and oxygen atoms in total. The Morgan fingerprint density at radius 1 is 1.12 bits per heavy atom. The van der Waals surface area contributed by atoms with Gasteiger partial charge in [-0.2, -0.15) is 0 Å². The second kappa shape index (κ2) is 13.6. The van der Waals surface area contributed by atoms with Crippen LogP contribution in [0.4, 0.5) is 5.88 Å². The van der Waals surface area contributed by atoms with Crippen LogP contribution in [-0.4, -0.2) is 63.2 Å². The van der Waals surface area contributed by atoms with Crippen molar-refractivity contribution in [3.05, 3.63) is 75.9 Å². The molecule has 1 aliphatic carbocycles. The highest BCUT2D eigenvalue weighted by Gasteiger charge is 2.49. The molecule has 0 atom stereocenters. The van der Waals surface area contributed by atoms with Gasteiger partial charge in [-0.25, -0.2) is 13.1 Å². The van der Waals surface area contributed by atoms with Gasteiger partial charge in [0.2, 0.25) is 5.88 Å². The minimum absolute atomic E-state index is 0.0389. The SMILES string of the molecule is CCCCC1=NC2(CCCC2)C(=O)N1Cc1ccc(-c2ccccc2S(=O)(=O)Nc2onc(C)c2C)c(CN(C)C(=O)c2csnn2)c1. The molecule has 48 heavy (non-hydrogen) atoms. The third kappa shape index (κ3) is 6.50. The van der Waals surface area contributed by atoms with Gasteiger partial charge in [-0.15, -0.1) is 5.10 Å². The monoisotopic (exact) mass is 689 g/mol. The van der Waals surface area contributed by atoms with E-state index in [0.717, 1.165) is 67.9 Å². The zero-order chi connectivity index (χ0) is 34.1. The van der Waals surface area contributed by atoms with E-state index in [1.54, 1.807) is 44.5 Å². The Morgan fingerprint density at radius 2 is 1.90 bits per heavy atom. The number of carbonyl (C=O) groups is 2. The fourth-order valence-electron chi connectivity index (χ4n) is 6.41. The van der Waals surface area contributed by atoms with E-state index >= 15 is 0 Å². The Bertz CT molecular complexity index is 1960. The van der Waals surface area contributed by atoms with Crippen LogP contribution in [0.1, 0.15) is 84.7 Å². The van der Waals surface area contributed by atoms with Crippen molar-refractivity contribution in [2.45, 2.75) is 89.2 Å². The highest BCUT2D eigenvalue weighted by Crippen LogP contribution is 2.40. The predicted molar refractivity (Wildman–Crippen MR) is 183 cm³/mol. The van der Waals surface area contributed by atoms with Crippen molar-refractivity contribution < 1.29 is 22.5 Å². The zero-order valence-electron chi connectivity index (χ0n) is 27.5. The molecule has 14 heteroatoms. The maximum atomic E-state index is 13.9. The standard InChI is InChI=1S/C34H39N7O5S2/c1-5-6-13-30-35-34(16-9-10-17-34)33(43)41(30)19-24-14-15-26(25(18-24)20-40(4)32(42)28-21-47-39-36-28)27-11-7-8-12-29(27)48(44,45)38-31-22(2)23(3)37-46-31/h7-8,11-12,14-15,18,21,38H,5-6,9-10,13,16-17,19-20H2,1-4H3. The molecule has 1 fully saturated rings. The number of carbonyl (C=O) groups excluding carboxylic acids is 2. The Hall–Kier alpha value is -4.43. The number of aryl methyl sites for hydroxylation is 1. The number of anilines is 1. The molecule has 2 amide bonds. The van der Waals surface area contributed by atoms with Crippen LogP contribution in [0.2, 0.25) is 0 Å². The van der Waals surface area contributed by atoms with Crippen molar-refractivity contribution in [2.24, 2.45) is 4.99 Å². The van der Waals surface area contributed by atoms with Crippen LogP contribution in [0.3, 0.4) is 0 Å². The van der Waals surface area contributed by atoms with Gasteiger partial charge >= 0.3 is 0 Å². The smallest absolute Gasteiger partial charge is 0.275 e. The predicted octanol–water partition coefficient (Wildman–Crippen LogP) is 6.13. The van der Waals surface area contributed by atoms with E-state index in [2.05, 4.69) is 26.4 Å². The number of unbranched alkanes of at least 4 members (excludes halogenated alkanes) is 1. The molecule has 0 bridgehead atoms. The summed E-state index contributed by atoms with van der Waals surface area (Å²) in [7, 11) is -2.45. The lowest BCUT2D eigenvalue weighted by Gasteiger charge is -2.24. The Labute approximate surface area is 284 Å². The molecule has 2 aliphatic rings. The van der Waals surface area contributed by atoms with Crippen LogP contribution < -0.4 is 4.72 Å². The largest absolute Gasteiger partial charge is 0.337 e. The number of nitrogens with zero attached hydrogens (tertiary/aromatic N) is 6. The molecule has 6 rings (SSSR count). The first-order valence-corrected chi connectivity index (χ1v) is 18.4. The second-order valence-corrected chi connectivity index (χ2v) is 14.8. The Balaban J connectivity index is 1.39. The van der Waals surface area contributed by atoms with Gasteiger partial charge in [0.05, 0.1) is 17.1 Å². The van der Waals surface area contributed by atoms with Crippen molar-refractivity contribution in [1.82, 2.24) is 24.5 Å². The number of aliphatic imine (C=N–C) groups is 1. The Kier molecular flexibility index (Phi) is 9.48. The van der Waals surface area contributed by atoms with Gasteiger partial charge in [-0.05, 0) is 67.4 Å². The third-order valence-corrected chi connectivity index (χ3v) is 11.1. The van der Waals surface area contributed by atoms with E-state index in [9.17, 15) is 18.0 Å². The summed E-state index contributed by atoms with van der Waals surface area (Å²) < 4.78 is 39.2. The van der Waals surface area contributed by atoms with Gasteiger partial charge in [0, 0.05) is 36.5 Å². The van der Waals surface area contributed by atoms with Gasteiger partial charge < -0.3 is 9.42 Å². The van der Waals surface area contributed by atoms with Crippen LogP contribution in [0.5, 0.6) is 0 Å². The fraction of sp³-hybridized carbons (Fsp3) is 0.412. The molecule has 0 saturated heterocycles. The number of rotatable bonds is 12. The quantitative estimate of drug-likeness (QED) is 0.187. The molecule has 1 spiro atoms. The maximum absolute atomic E-state index is 13.9. The summed E-state index contributed by atoms with van der Waals surface area (Å²) in [4.78, 5) is 35.5. The van der Waals surface area contributed by atoms with Crippen molar-refractivity contribution in [3.63, 3.8) is 0 Å². The minimum atomic E-state index is -4.11. The summed E-state index contributed by atoms with van der Waals surface area (Å²) in [5, 5.41) is 9.40. The number of hydrogen-bond donors (Lipinski definition) is 1. The van der Waals surface area contributed by atoms with E-state index < -0.39 is 15.6 Å². The molecule has 1 aliphatic heterocycles. The van der Waals surface area contributed by atoms with E-state index in [1.165, 1.54) is 11.0 Å². The number of sulfonamides is 1. The molecule has 1 N–H and O–H groups in total. The van der Waals surface area contributed by atoms with Crippen LogP contribution in [0, 0.1) is 13.8 Å². The average Bonchev–Trinajstić information content (AvgIpc) is 3.89. The van der Waals surface area contributed by atoms with Crippen molar-refractivity contribution in [2.75, 3.05) is 11.8 Å². The summed E-state index contributed by atoms with van der Waals surface area (Å²) in [6.07, 6.45) is 6.19. The zero-order valence-corrected chi connectivity index (χ0v) is 29.2. The summed E-state index contributed by atoms with van der Waals surface area (Å²) in [6.45, 7) is 6.07. The van der Waals surface area contributed by atoms with Crippen LogP contribution in [-0.2, 0) is 27.9 Å². The summed E-state index contributed by atoms with van der Waals surface area (Å²) in [6, 6.07) is 12.4. The number of aromatic nitrogens is 3. The number of benzene rings is 2. The van der Waals surface area contributed by atoms with Gasteiger partial charge in [-0.1, -0.05) is 72.2 Å². The molecule has 2 aromatic carbocycles. The number of hydrogen-bond acceptors (Lipinski definition) is 10. The molecule has 2 aromatic heterocycles. The first kappa shape index (κ1) is 33.5. The van der Waals surface area contributed by atoms with E-state index in [0.29, 0.717) is 34.5 Å². The van der Waals surface area contributed by atoms with Crippen LogP contribution >= 0.6 is 11.5 Å². The summed E-state index contributed by atoms with van der Waals surface area (Å²) in [5.74, 6) is 0.625. The molecule has 0 radical (unpaired) electrons. The molecule has 4 aromatic rings. The molecular weight excluding hydrogens is 651 g/mol. The molecule has 0 unspecified atom stereocenters. The third-order valence-electron chi connectivity index (χ3n) is 9.18. The maximum Gasteiger partial charge on any atom is 0.275 e. The first-order chi connectivity index (χ1) is 23.0. The highest BCUT2D eigenvalue weighted by molar-refractivity contribution is 7.92. The molecule has 3 heterocycles. The molecule has 1 saturated carbocycles. The average molecular weight is 690 g/mol. The van der Waals surface area contributed by atoms with E-state index in [1.807, 2.05) is 23.1 Å². The Morgan fingerprint density at radius 3 is 2.58 bits per heavy atom. The van der Waals surface area contributed by atoms with E-state index in [-0.39, 0.29) is 34.8 Å². The van der Waals surface area contributed by atoms with Crippen molar-refractivity contribution in [3.8, 4) is 11.1 Å². The van der Waals surface area contributed by atoms with Gasteiger partial charge in [0.15, 0.2) is 5.69 Å². The summed E-state index contributed by atoms with van der Waals surface area (Å²) >= 11 is 1.09. The lowest BCUT2D eigenvalue weighted by Crippen LogP contribution is -2.40. The first-order valence-electron chi connectivity index (χ1n) is 16.1. The minimum Gasteiger partial charge on any atom is -0.337 e. The van der Waals surface area contributed by atoms with Gasteiger partial charge in [-0.3, -0.25) is 19.5 Å². The highest BCUT2D eigenvalue weighted by atomic mass is 32.2. The normalized spacial score (nSPS) is 15.7. The number of nitrogens with one attached hydrogen (secondary N) is 1. The molecule has 252 valence electrons. The lowest BCUT2D eigenvalue weighted by atomic mass is 9.96. The van der Waals surface area contributed by atoms with E-state index in [4.69, 9.17) is 9.52 Å². The van der Waals surface area contributed by atoms with Gasteiger partial charge in [0.25, 0.3) is 21.8 Å². The fourth-order valence-corrected chi connectivity index (χ4v) is 8.11. The van der Waals surface area contributed by atoms with Crippen LogP contribution in [0.25, 0.3) is 11.1 Å². The second-order valence-electron chi connectivity index (χ2n) is 12.5.